The van der Waals surface area contributed by atoms with E-state index in [1.54, 1.807) is 37.3 Å². The zero-order valence-electron chi connectivity index (χ0n) is 19.4. The number of hydrogen-bond donors (Lipinski definition) is 2. The number of para-hydroxylation sites is 1. The molecular formula is C24H31N3O5S. The van der Waals surface area contributed by atoms with Crippen LogP contribution in [0, 0.1) is 13.8 Å². The molecule has 9 heteroatoms. The first-order valence-corrected chi connectivity index (χ1v) is 12.8. The van der Waals surface area contributed by atoms with E-state index in [-0.39, 0.29) is 12.0 Å². The maximum atomic E-state index is 13.1. The molecule has 178 valence electrons. The molecule has 2 atom stereocenters. The van der Waals surface area contributed by atoms with Crippen LogP contribution in [0.1, 0.15) is 41.3 Å². The van der Waals surface area contributed by atoms with Gasteiger partial charge in [0.25, 0.3) is 5.91 Å². The first-order chi connectivity index (χ1) is 15.6. The summed E-state index contributed by atoms with van der Waals surface area (Å²) in [5.41, 5.74) is 2.68. The molecule has 3 rings (SSSR count). The molecule has 0 aromatic heterocycles. The topological polar surface area (TPSA) is 105 Å². The fourth-order valence-corrected chi connectivity index (χ4v) is 5.10. The quantitative estimate of drug-likeness (QED) is 0.613. The second-order valence-corrected chi connectivity index (χ2v) is 10.3. The Morgan fingerprint density at radius 1 is 1.18 bits per heavy atom. The number of rotatable bonds is 8. The molecule has 2 aromatic carbocycles. The van der Waals surface area contributed by atoms with Gasteiger partial charge < -0.3 is 15.4 Å². The zero-order chi connectivity index (χ0) is 24.2. The summed E-state index contributed by atoms with van der Waals surface area (Å²) in [6.07, 6.45) is 2.94. The number of hydrogen-bond acceptors (Lipinski definition) is 5. The fourth-order valence-electron chi connectivity index (χ4n) is 3.87. The van der Waals surface area contributed by atoms with Gasteiger partial charge in [0.15, 0.2) is 0 Å². The van der Waals surface area contributed by atoms with Crippen molar-refractivity contribution in [3.63, 3.8) is 0 Å². The minimum absolute atomic E-state index is 0.00314. The number of nitrogens with zero attached hydrogens (tertiary/aromatic N) is 1. The summed E-state index contributed by atoms with van der Waals surface area (Å²) in [5, 5.41) is 5.59. The molecular weight excluding hydrogens is 442 g/mol. The third kappa shape index (κ3) is 6.11. The van der Waals surface area contributed by atoms with Crippen LogP contribution in [-0.4, -0.2) is 51.8 Å². The van der Waals surface area contributed by atoms with E-state index in [9.17, 15) is 18.0 Å². The van der Waals surface area contributed by atoms with E-state index in [2.05, 4.69) is 10.6 Å². The van der Waals surface area contributed by atoms with Crippen LogP contribution in [0.4, 0.5) is 11.4 Å². The van der Waals surface area contributed by atoms with Crippen molar-refractivity contribution in [3.8, 4) is 0 Å². The van der Waals surface area contributed by atoms with E-state index in [1.807, 2.05) is 19.1 Å². The highest BCUT2D eigenvalue weighted by Crippen LogP contribution is 2.27. The first kappa shape index (κ1) is 24.7. The number of amides is 2. The maximum Gasteiger partial charge on any atom is 0.253 e. The van der Waals surface area contributed by atoms with E-state index in [0.717, 1.165) is 34.5 Å². The van der Waals surface area contributed by atoms with Gasteiger partial charge in [-0.2, -0.15) is 0 Å². The lowest BCUT2D eigenvalue weighted by molar-refractivity contribution is -0.116. The second-order valence-electron chi connectivity index (χ2n) is 8.40. The summed E-state index contributed by atoms with van der Waals surface area (Å²) in [6, 6.07) is 11.1. The van der Waals surface area contributed by atoms with Gasteiger partial charge in [-0.15, -0.1) is 0 Å². The number of carbonyl (C=O) groups excluding carboxylic acids is 2. The van der Waals surface area contributed by atoms with Crippen molar-refractivity contribution in [2.75, 3.05) is 29.0 Å². The van der Waals surface area contributed by atoms with E-state index in [4.69, 9.17) is 4.74 Å². The molecule has 2 aromatic rings. The van der Waals surface area contributed by atoms with Crippen LogP contribution in [0.25, 0.3) is 0 Å². The smallest absolute Gasteiger partial charge is 0.253 e. The predicted molar refractivity (Wildman–Crippen MR) is 129 cm³/mol. The van der Waals surface area contributed by atoms with Crippen molar-refractivity contribution in [1.29, 1.82) is 0 Å². The Labute approximate surface area is 195 Å². The molecule has 1 fully saturated rings. The third-order valence-electron chi connectivity index (χ3n) is 5.63. The molecule has 8 nitrogen and oxygen atoms in total. The van der Waals surface area contributed by atoms with Gasteiger partial charge in [0.2, 0.25) is 15.9 Å². The van der Waals surface area contributed by atoms with E-state index in [0.29, 0.717) is 30.1 Å². The van der Waals surface area contributed by atoms with Crippen LogP contribution in [-0.2, 0) is 19.6 Å². The monoisotopic (exact) mass is 473 g/mol. The van der Waals surface area contributed by atoms with Crippen molar-refractivity contribution in [3.05, 3.63) is 59.2 Å². The van der Waals surface area contributed by atoms with Crippen LogP contribution >= 0.6 is 0 Å². The Morgan fingerprint density at radius 2 is 1.91 bits per heavy atom. The average molecular weight is 474 g/mol. The number of carbonyl (C=O) groups is 2. The summed E-state index contributed by atoms with van der Waals surface area (Å²) in [7, 11) is -3.76. The molecule has 33 heavy (non-hydrogen) atoms. The number of sulfonamides is 1. The van der Waals surface area contributed by atoms with Gasteiger partial charge >= 0.3 is 0 Å². The molecule has 2 amide bonds. The Hall–Kier alpha value is -2.91. The summed E-state index contributed by atoms with van der Waals surface area (Å²) in [5.74, 6) is -0.871. The van der Waals surface area contributed by atoms with Crippen LogP contribution in [0.15, 0.2) is 42.5 Å². The summed E-state index contributed by atoms with van der Waals surface area (Å²) in [6.45, 7) is 6.28. The normalized spacial score (nSPS) is 16.8. The van der Waals surface area contributed by atoms with Crippen LogP contribution in [0.2, 0.25) is 0 Å². The Morgan fingerprint density at radius 3 is 2.58 bits per heavy atom. The summed E-state index contributed by atoms with van der Waals surface area (Å²) >= 11 is 0. The number of aryl methyl sites for hydroxylation is 2. The molecule has 1 aliphatic rings. The van der Waals surface area contributed by atoms with Crippen molar-refractivity contribution in [2.24, 2.45) is 0 Å². The Balaban J connectivity index is 1.81. The minimum atomic E-state index is -3.76. The van der Waals surface area contributed by atoms with E-state index in [1.165, 1.54) is 6.92 Å². The van der Waals surface area contributed by atoms with Crippen LogP contribution in [0.5, 0.6) is 0 Å². The number of nitrogens with one attached hydrogen (secondary N) is 2. The zero-order valence-corrected chi connectivity index (χ0v) is 20.2. The molecule has 1 heterocycles. The fraction of sp³-hybridized carbons (Fsp3) is 0.417. The molecule has 0 saturated carbocycles. The van der Waals surface area contributed by atoms with Crippen LogP contribution in [0.3, 0.4) is 0 Å². The molecule has 2 unspecified atom stereocenters. The lowest BCUT2D eigenvalue weighted by atomic mass is 10.1. The molecule has 0 aliphatic carbocycles. The molecule has 1 aliphatic heterocycles. The third-order valence-corrected chi connectivity index (χ3v) is 6.86. The second kappa shape index (κ2) is 10.4. The molecule has 0 radical (unpaired) electrons. The van der Waals surface area contributed by atoms with E-state index < -0.39 is 22.0 Å². The van der Waals surface area contributed by atoms with Gasteiger partial charge in [-0.25, -0.2) is 8.42 Å². The highest BCUT2D eigenvalue weighted by molar-refractivity contribution is 7.92. The SMILES string of the molecule is Cc1ccc(C)c(N(C(C)C(=O)Nc2ccccc2C(=O)NCC2CCCO2)S(C)(=O)=O)c1. The van der Waals surface area contributed by atoms with Crippen molar-refractivity contribution < 1.29 is 22.7 Å². The van der Waals surface area contributed by atoms with Gasteiger partial charge in [0.05, 0.1) is 29.3 Å². The molecule has 2 N–H and O–H groups in total. The Bertz CT molecular complexity index is 1130. The van der Waals surface area contributed by atoms with Gasteiger partial charge in [-0.3, -0.25) is 13.9 Å². The van der Waals surface area contributed by atoms with Crippen molar-refractivity contribution >= 4 is 33.2 Å². The standard InChI is InChI=1S/C24H31N3O5S/c1-16-11-12-17(2)22(14-16)27(33(4,30)31)18(3)23(28)26-21-10-6-5-9-20(21)24(29)25-15-19-8-7-13-32-19/h5-6,9-12,14,18-19H,7-8,13,15H2,1-4H3,(H,25,29)(H,26,28). The largest absolute Gasteiger partial charge is 0.376 e. The maximum absolute atomic E-state index is 13.1. The van der Waals surface area contributed by atoms with Crippen LogP contribution < -0.4 is 14.9 Å². The van der Waals surface area contributed by atoms with Crippen molar-refractivity contribution in [2.45, 2.75) is 45.8 Å². The van der Waals surface area contributed by atoms with Gasteiger partial charge in [0.1, 0.15) is 6.04 Å². The predicted octanol–water partition coefficient (Wildman–Crippen LogP) is 3.01. The molecule has 0 bridgehead atoms. The van der Waals surface area contributed by atoms with E-state index >= 15 is 0 Å². The minimum Gasteiger partial charge on any atom is -0.376 e. The lowest BCUT2D eigenvalue weighted by Crippen LogP contribution is -2.46. The highest BCUT2D eigenvalue weighted by Gasteiger charge is 2.31. The van der Waals surface area contributed by atoms with Gasteiger partial charge in [0, 0.05) is 13.2 Å². The van der Waals surface area contributed by atoms with Gasteiger partial charge in [-0.1, -0.05) is 24.3 Å². The first-order valence-electron chi connectivity index (χ1n) is 10.9. The average Bonchev–Trinajstić information content (AvgIpc) is 3.27. The molecule has 0 spiro atoms. The summed E-state index contributed by atoms with van der Waals surface area (Å²) in [4.78, 5) is 25.9. The number of ether oxygens (including phenoxy) is 1. The molecule has 1 saturated heterocycles. The number of benzene rings is 2. The number of anilines is 2. The summed E-state index contributed by atoms with van der Waals surface area (Å²) < 4.78 is 32.0. The highest BCUT2D eigenvalue weighted by atomic mass is 32.2. The Kier molecular flexibility index (Phi) is 7.76. The van der Waals surface area contributed by atoms with Crippen molar-refractivity contribution in [1.82, 2.24) is 5.32 Å². The lowest BCUT2D eigenvalue weighted by Gasteiger charge is -2.30. The van der Waals surface area contributed by atoms with Gasteiger partial charge in [-0.05, 0) is 62.9 Å².